The van der Waals surface area contributed by atoms with E-state index in [0.29, 0.717) is 12.1 Å². The first kappa shape index (κ1) is 18.8. The highest BCUT2D eigenvalue weighted by atomic mass is 16.5. The fraction of sp³-hybridized carbons (Fsp3) is 0.632. The fourth-order valence-electron chi connectivity index (χ4n) is 3.44. The highest BCUT2D eigenvalue weighted by Crippen LogP contribution is 2.26. The largest absolute Gasteiger partial charge is 0.394 e. The molecule has 0 bridgehead atoms. The number of hydrogen-bond acceptors (Lipinski definition) is 5. The molecule has 1 saturated heterocycles. The maximum atomic E-state index is 12.3. The summed E-state index contributed by atoms with van der Waals surface area (Å²) in [6, 6.07) is 3.09. The van der Waals surface area contributed by atoms with E-state index in [9.17, 15) is 14.7 Å². The van der Waals surface area contributed by atoms with Gasteiger partial charge in [-0.2, -0.15) is 0 Å². The predicted molar refractivity (Wildman–Crippen MR) is 95.4 cm³/mol. The number of carbonyl (C=O) groups excluding carboxylic acids is 2. The number of pyridine rings is 1. The van der Waals surface area contributed by atoms with Crippen molar-refractivity contribution in [3.8, 4) is 0 Å². The number of aliphatic hydroxyl groups excluding tert-OH is 1. The van der Waals surface area contributed by atoms with E-state index in [2.05, 4.69) is 15.6 Å². The number of nitrogens with zero attached hydrogens (tertiary/aromatic N) is 1. The molecule has 0 unspecified atom stereocenters. The van der Waals surface area contributed by atoms with Crippen LogP contribution in [0.25, 0.3) is 0 Å². The van der Waals surface area contributed by atoms with E-state index in [1.807, 2.05) is 0 Å². The van der Waals surface area contributed by atoms with Gasteiger partial charge < -0.3 is 20.5 Å². The minimum atomic E-state index is -0.429. The van der Waals surface area contributed by atoms with E-state index < -0.39 is 6.10 Å². The Morgan fingerprint density at radius 1 is 1.19 bits per heavy atom. The maximum Gasteiger partial charge on any atom is 0.251 e. The second-order valence-corrected chi connectivity index (χ2v) is 7.08. The number of aliphatic hydroxyl groups is 1. The van der Waals surface area contributed by atoms with Gasteiger partial charge in [0.05, 0.1) is 18.8 Å². The van der Waals surface area contributed by atoms with Crippen molar-refractivity contribution in [1.29, 1.82) is 0 Å². The molecular weight excluding hydrogens is 334 g/mol. The minimum Gasteiger partial charge on any atom is -0.394 e. The summed E-state index contributed by atoms with van der Waals surface area (Å²) in [5.74, 6) is 0.152. The third-order valence-corrected chi connectivity index (χ3v) is 5.30. The first-order chi connectivity index (χ1) is 12.7. The lowest BCUT2D eigenvalue weighted by Gasteiger charge is -2.36. The van der Waals surface area contributed by atoms with Gasteiger partial charge in [-0.3, -0.25) is 14.6 Å². The van der Waals surface area contributed by atoms with Crippen LogP contribution >= 0.6 is 0 Å². The molecule has 0 spiro atoms. The van der Waals surface area contributed by atoms with Gasteiger partial charge in [0.1, 0.15) is 6.10 Å². The van der Waals surface area contributed by atoms with Crippen LogP contribution < -0.4 is 10.6 Å². The van der Waals surface area contributed by atoms with Crippen molar-refractivity contribution in [1.82, 2.24) is 15.6 Å². The van der Waals surface area contributed by atoms with E-state index in [4.69, 9.17) is 4.74 Å². The van der Waals surface area contributed by atoms with E-state index in [1.54, 1.807) is 24.5 Å². The van der Waals surface area contributed by atoms with Gasteiger partial charge in [0.15, 0.2) is 0 Å². The van der Waals surface area contributed by atoms with Gasteiger partial charge >= 0.3 is 0 Å². The summed E-state index contributed by atoms with van der Waals surface area (Å²) in [7, 11) is 0. The third kappa shape index (κ3) is 4.80. The molecule has 3 atom stereocenters. The normalized spacial score (nSPS) is 26.0. The molecule has 2 fully saturated rings. The smallest absolute Gasteiger partial charge is 0.251 e. The molecule has 2 heterocycles. The van der Waals surface area contributed by atoms with E-state index in [0.717, 1.165) is 38.5 Å². The number of rotatable bonds is 7. The summed E-state index contributed by atoms with van der Waals surface area (Å²) in [6.45, 7) is 0.443. The summed E-state index contributed by atoms with van der Waals surface area (Å²) in [5.41, 5.74) is 0.539. The van der Waals surface area contributed by atoms with Crippen molar-refractivity contribution >= 4 is 11.8 Å². The minimum absolute atomic E-state index is 0.0112. The van der Waals surface area contributed by atoms with Crippen molar-refractivity contribution in [3.05, 3.63) is 30.1 Å². The molecule has 3 rings (SSSR count). The summed E-state index contributed by atoms with van der Waals surface area (Å²) in [4.78, 5) is 28.0. The van der Waals surface area contributed by atoms with Gasteiger partial charge in [-0.05, 0) is 44.2 Å². The Kier molecular flexibility index (Phi) is 6.57. The van der Waals surface area contributed by atoms with Crippen molar-refractivity contribution in [2.75, 3.05) is 13.2 Å². The molecular formula is C19H27N3O4. The molecule has 26 heavy (non-hydrogen) atoms. The molecule has 2 amide bonds. The fourth-order valence-corrected chi connectivity index (χ4v) is 3.44. The van der Waals surface area contributed by atoms with Crippen LogP contribution in [0, 0.1) is 5.92 Å². The molecule has 142 valence electrons. The molecule has 1 aliphatic carbocycles. The monoisotopic (exact) mass is 361 g/mol. The molecule has 7 nitrogen and oxygen atoms in total. The van der Waals surface area contributed by atoms with Crippen LogP contribution in [-0.2, 0) is 9.53 Å². The molecule has 3 N–H and O–H groups in total. The average molecular weight is 361 g/mol. The van der Waals surface area contributed by atoms with Gasteiger partial charge in [0.2, 0.25) is 5.91 Å². The molecule has 1 aliphatic heterocycles. The van der Waals surface area contributed by atoms with Crippen molar-refractivity contribution in [2.45, 2.75) is 56.8 Å². The lowest BCUT2D eigenvalue weighted by atomic mass is 9.85. The predicted octanol–water partition coefficient (Wildman–Crippen LogP) is 1.03. The second-order valence-electron chi connectivity index (χ2n) is 7.08. The van der Waals surface area contributed by atoms with Gasteiger partial charge in [-0.1, -0.05) is 6.42 Å². The Labute approximate surface area is 153 Å². The Balaban J connectivity index is 1.43. The molecule has 0 aromatic carbocycles. The van der Waals surface area contributed by atoms with E-state index in [1.165, 1.54) is 0 Å². The number of ether oxygens (including phenoxy) is 1. The quantitative estimate of drug-likeness (QED) is 0.673. The Morgan fingerprint density at radius 2 is 1.96 bits per heavy atom. The van der Waals surface area contributed by atoms with Crippen molar-refractivity contribution in [2.24, 2.45) is 5.92 Å². The maximum absolute atomic E-state index is 12.3. The first-order valence-electron chi connectivity index (χ1n) is 9.42. The Morgan fingerprint density at radius 3 is 2.62 bits per heavy atom. The number of hydrogen-bond donors (Lipinski definition) is 3. The van der Waals surface area contributed by atoms with Crippen LogP contribution in [0.5, 0.6) is 0 Å². The topological polar surface area (TPSA) is 101 Å². The van der Waals surface area contributed by atoms with Crippen molar-refractivity contribution in [3.63, 3.8) is 0 Å². The molecule has 1 aromatic heterocycles. The number of amides is 2. The standard InChI is InChI=1S/C19H27N3O4/c23-12-17-16(22-19(25)14-6-9-20-10-7-14)5-4-15(26-17)8-11-21-18(24)13-2-1-3-13/h6-7,9-10,13,15-17,23H,1-5,8,11-12H2,(H,21,24)(H,22,25)/t15-,16-,17-/m0/s1. The summed E-state index contributed by atoms with van der Waals surface area (Å²) in [5, 5.41) is 15.5. The zero-order chi connectivity index (χ0) is 18.4. The van der Waals surface area contributed by atoms with Gasteiger partial charge in [0.25, 0.3) is 5.91 Å². The lowest BCUT2D eigenvalue weighted by molar-refractivity contribution is -0.127. The molecule has 1 aromatic rings. The van der Waals surface area contributed by atoms with Crippen LogP contribution in [0.2, 0.25) is 0 Å². The van der Waals surface area contributed by atoms with Crippen molar-refractivity contribution < 1.29 is 19.4 Å². The summed E-state index contributed by atoms with van der Waals surface area (Å²) >= 11 is 0. The van der Waals surface area contributed by atoms with E-state index in [-0.39, 0.29) is 36.5 Å². The number of nitrogens with one attached hydrogen (secondary N) is 2. The Bertz CT molecular complexity index is 606. The molecule has 0 radical (unpaired) electrons. The molecule has 7 heteroatoms. The Hall–Kier alpha value is -1.99. The number of aromatic nitrogens is 1. The van der Waals surface area contributed by atoms with Gasteiger partial charge in [-0.15, -0.1) is 0 Å². The lowest BCUT2D eigenvalue weighted by Crippen LogP contribution is -2.51. The zero-order valence-corrected chi connectivity index (χ0v) is 14.9. The molecule has 2 aliphatic rings. The summed E-state index contributed by atoms with van der Waals surface area (Å²) < 4.78 is 5.94. The highest BCUT2D eigenvalue weighted by molar-refractivity contribution is 5.94. The number of carbonyl (C=O) groups is 2. The van der Waals surface area contributed by atoms with Crippen LogP contribution in [0.4, 0.5) is 0 Å². The highest BCUT2D eigenvalue weighted by Gasteiger charge is 2.32. The van der Waals surface area contributed by atoms with Crippen LogP contribution in [0.15, 0.2) is 24.5 Å². The van der Waals surface area contributed by atoms with Gasteiger partial charge in [0, 0.05) is 30.4 Å². The first-order valence-corrected chi connectivity index (χ1v) is 9.42. The van der Waals surface area contributed by atoms with Gasteiger partial charge in [-0.25, -0.2) is 0 Å². The van der Waals surface area contributed by atoms with Crippen LogP contribution in [0.3, 0.4) is 0 Å². The molecule has 1 saturated carbocycles. The SMILES string of the molecule is O=C(N[C@H]1CC[C@@H](CCNC(=O)C2CCC2)O[C@H]1CO)c1ccncc1. The average Bonchev–Trinajstić information content (AvgIpc) is 2.62. The third-order valence-electron chi connectivity index (χ3n) is 5.30. The summed E-state index contributed by atoms with van der Waals surface area (Å²) in [6.07, 6.45) is 8.10. The van der Waals surface area contributed by atoms with E-state index >= 15 is 0 Å². The van der Waals surface area contributed by atoms with Crippen LogP contribution in [-0.4, -0.2) is 53.3 Å². The zero-order valence-electron chi connectivity index (χ0n) is 14.9. The van der Waals surface area contributed by atoms with Crippen LogP contribution in [0.1, 0.15) is 48.9 Å². The second kappa shape index (κ2) is 9.09.